The highest BCUT2D eigenvalue weighted by Gasteiger charge is 2.48. The monoisotopic (exact) mass is 282 g/mol. The van der Waals surface area contributed by atoms with Crippen molar-refractivity contribution in [3.05, 3.63) is 0 Å². The number of rotatable bonds is 4. The van der Waals surface area contributed by atoms with Crippen molar-refractivity contribution in [1.82, 2.24) is 10.2 Å². The topological polar surface area (TPSA) is 69.6 Å². The van der Waals surface area contributed by atoms with Crippen molar-refractivity contribution >= 4 is 11.9 Å². The molecule has 2 aliphatic rings. The van der Waals surface area contributed by atoms with Gasteiger partial charge in [0.05, 0.1) is 10.8 Å². The second kappa shape index (κ2) is 5.72. The van der Waals surface area contributed by atoms with Crippen molar-refractivity contribution in [2.45, 2.75) is 46.0 Å². The molecule has 1 amide bonds. The molecule has 0 saturated carbocycles. The lowest BCUT2D eigenvalue weighted by Crippen LogP contribution is -2.50. The van der Waals surface area contributed by atoms with Gasteiger partial charge in [0.1, 0.15) is 0 Å². The lowest BCUT2D eigenvalue weighted by Gasteiger charge is -2.36. The van der Waals surface area contributed by atoms with Crippen LogP contribution in [0, 0.1) is 10.8 Å². The van der Waals surface area contributed by atoms with Gasteiger partial charge in [-0.2, -0.15) is 0 Å². The van der Waals surface area contributed by atoms with Gasteiger partial charge in [-0.3, -0.25) is 9.59 Å². The van der Waals surface area contributed by atoms with Crippen LogP contribution in [-0.4, -0.2) is 48.1 Å². The van der Waals surface area contributed by atoms with Crippen LogP contribution in [0.4, 0.5) is 0 Å². The number of carbonyl (C=O) groups is 2. The summed E-state index contributed by atoms with van der Waals surface area (Å²) >= 11 is 0. The van der Waals surface area contributed by atoms with Crippen LogP contribution in [0.1, 0.15) is 46.0 Å². The number of hydrogen-bond acceptors (Lipinski definition) is 3. The van der Waals surface area contributed by atoms with Crippen molar-refractivity contribution in [1.29, 1.82) is 0 Å². The van der Waals surface area contributed by atoms with Crippen LogP contribution in [0.5, 0.6) is 0 Å². The van der Waals surface area contributed by atoms with E-state index in [1.807, 2.05) is 13.8 Å². The molecule has 0 aromatic carbocycles. The number of likely N-dealkylation sites (tertiary alicyclic amines) is 1. The molecule has 0 spiro atoms. The van der Waals surface area contributed by atoms with E-state index in [2.05, 4.69) is 5.32 Å². The highest BCUT2D eigenvalue weighted by atomic mass is 16.4. The average molecular weight is 282 g/mol. The summed E-state index contributed by atoms with van der Waals surface area (Å²) in [5.41, 5.74) is -1.08. The molecule has 0 aromatic rings. The third-order valence-electron chi connectivity index (χ3n) is 4.94. The molecule has 2 N–H and O–H groups in total. The number of carbonyl (C=O) groups excluding carboxylic acids is 1. The Morgan fingerprint density at radius 2 is 2.10 bits per heavy atom. The molecule has 2 heterocycles. The van der Waals surface area contributed by atoms with Gasteiger partial charge in [0, 0.05) is 19.6 Å². The molecule has 2 atom stereocenters. The fraction of sp³-hybridized carbons (Fsp3) is 0.867. The maximum Gasteiger partial charge on any atom is 0.311 e. The number of carboxylic acid groups (broad SMARTS) is 1. The molecule has 20 heavy (non-hydrogen) atoms. The fourth-order valence-corrected chi connectivity index (χ4v) is 3.63. The highest BCUT2D eigenvalue weighted by molar-refractivity contribution is 5.85. The van der Waals surface area contributed by atoms with E-state index in [1.54, 1.807) is 4.90 Å². The number of nitrogens with zero attached hydrogens (tertiary/aromatic N) is 1. The largest absolute Gasteiger partial charge is 0.481 e. The molecule has 2 rings (SSSR count). The highest BCUT2D eigenvalue weighted by Crippen LogP contribution is 2.38. The summed E-state index contributed by atoms with van der Waals surface area (Å²) in [7, 11) is 0. The fourth-order valence-electron chi connectivity index (χ4n) is 3.63. The Morgan fingerprint density at radius 3 is 2.65 bits per heavy atom. The first-order chi connectivity index (χ1) is 9.43. The van der Waals surface area contributed by atoms with Crippen molar-refractivity contribution < 1.29 is 14.7 Å². The molecule has 0 radical (unpaired) electrons. The Kier molecular flexibility index (Phi) is 4.37. The quantitative estimate of drug-likeness (QED) is 0.819. The van der Waals surface area contributed by atoms with E-state index in [0.717, 1.165) is 25.8 Å². The van der Waals surface area contributed by atoms with Gasteiger partial charge >= 0.3 is 5.97 Å². The van der Waals surface area contributed by atoms with Crippen molar-refractivity contribution in [3.8, 4) is 0 Å². The minimum Gasteiger partial charge on any atom is -0.481 e. The van der Waals surface area contributed by atoms with Gasteiger partial charge in [0.2, 0.25) is 5.91 Å². The minimum atomic E-state index is -0.749. The van der Waals surface area contributed by atoms with Gasteiger partial charge in [0.15, 0.2) is 0 Å². The average Bonchev–Trinajstić information content (AvgIpc) is 2.85. The molecule has 0 aromatic heterocycles. The summed E-state index contributed by atoms with van der Waals surface area (Å²) in [5.74, 6) is -0.620. The number of aliphatic carboxylic acids is 1. The summed E-state index contributed by atoms with van der Waals surface area (Å²) in [4.78, 5) is 26.1. The Bertz CT molecular complexity index is 391. The first-order valence-electron chi connectivity index (χ1n) is 7.67. The van der Waals surface area contributed by atoms with E-state index in [-0.39, 0.29) is 11.3 Å². The Labute approximate surface area is 120 Å². The van der Waals surface area contributed by atoms with Crippen molar-refractivity contribution in [3.63, 3.8) is 0 Å². The summed E-state index contributed by atoms with van der Waals surface area (Å²) in [6.07, 6.45) is 3.98. The zero-order valence-corrected chi connectivity index (χ0v) is 12.6. The molecule has 2 unspecified atom stereocenters. The molecule has 114 valence electrons. The molecule has 0 aliphatic carbocycles. The van der Waals surface area contributed by atoms with E-state index in [9.17, 15) is 14.7 Å². The van der Waals surface area contributed by atoms with Crippen LogP contribution >= 0.6 is 0 Å². The molecule has 0 bridgehead atoms. The number of nitrogens with one attached hydrogen (secondary N) is 1. The lowest BCUT2D eigenvalue weighted by atomic mass is 9.80. The molecular weight excluding hydrogens is 256 g/mol. The van der Waals surface area contributed by atoms with Gasteiger partial charge in [-0.25, -0.2) is 0 Å². The summed E-state index contributed by atoms with van der Waals surface area (Å²) in [5, 5.41) is 12.8. The van der Waals surface area contributed by atoms with Crippen LogP contribution in [0.25, 0.3) is 0 Å². The summed E-state index contributed by atoms with van der Waals surface area (Å²) in [6, 6.07) is 0. The number of piperidine rings is 1. The summed E-state index contributed by atoms with van der Waals surface area (Å²) < 4.78 is 0. The molecule has 5 nitrogen and oxygen atoms in total. The predicted molar refractivity (Wildman–Crippen MR) is 76.4 cm³/mol. The van der Waals surface area contributed by atoms with Gasteiger partial charge in [-0.15, -0.1) is 0 Å². The number of amides is 1. The molecular formula is C15H26N2O3. The minimum absolute atomic E-state index is 0.129. The second-order valence-corrected chi connectivity index (χ2v) is 6.65. The normalized spacial score (nSPS) is 34.2. The molecule has 2 saturated heterocycles. The third kappa shape index (κ3) is 2.68. The van der Waals surface area contributed by atoms with Gasteiger partial charge in [-0.05, 0) is 39.2 Å². The maximum atomic E-state index is 12.7. The van der Waals surface area contributed by atoms with E-state index >= 15 is 0 Å². The van der Waals surface area contributed by atoms with Gasteiger partial charge in [0.25, 0.3) is 0 Å². The van der Waals surface area contributed by atoms with E-state index in [4.69, 9.17) is 0 Å². The van der Waals surface area contributed by atoms with E-state index in [1.165, 1.54) is 0 Å². The number of hydrogen-bond donors (Lipinski definition) is 2. The zero-order valence-electron chi connectivity index (χ0n) is 12.6. The van der Waals surface area contributed by atoms with Crippen LogP contribution in [0.15, 0.2) is 0 Å². The first kappa shape index (κ1) is 15.3. The summed E-state index contributed by atoms with van der Waals surface area (Å²) in [6.45, 7) is 6.64. The molecule has 5 heteroatoms. The van der Waals surface area contributed by atoms with Crippen molar-refractivity contribution in [2.75, 3.05) is 26.2 Å². The SMILES string of the molecule is CCCC1(C(=O)O)CCN(C(=O)C2(C)CCCNC2)C1. The van der Waals surface area contributed by atoms with Crippen LogP contribution in [0.2, 0.25) is 0 Å². The van der Waals surface area contributed by atoms with Crippen LogP contribution < -0.4 is 5.32 Å². The maximum absolute atomic E-state index is 12.7. The van der Waals surface area contributed by atoms with Crippen LogP contribution in [-0.2, 0) is 9.59 Å². The van der Waals surface area contributed by atoms with Gasteiger partial charge < -0.3 is 15.3 Å². The predicted octanol–water partition coefficient (Wildman–Crippen LogP) is 1.48. The first-order valence-corrected chi connectivity index (χ1v) is 7.67. The van der Waals surface area contributed by atoms with E-state index in [0.29, 0.717) is 32.5 Å². The number of carboxylic acids is 1. The lowest BCUT2D eigenvalue weighted by molar-refractivity contribution is -0.150. The standard InChI is InChI=1S/C15H26N2O3/c1-3-5-15(13(19)20)7-9-17(11-15)12(18)14(2)6-4-8-16-10-14/h16H,3-11H2,1-2H3,(H,19,20). The third-order valence-corrected chi connectivity index (χ3v) is 4.94. The zero-order chi connectivity index (χ0) is 14.8. The second-order valence-electron chi connectivity index (χ2n) is 6.65. The van der Waals surface area contributed by atoms with Crippen LogP contribution in [0.3, 0.4) is 0 Å². The van der Waals surface area contributed by atoms with Gasteiger partial charge in [-0.1, -0.05) is 13.3 Å². The Balaban J connectivity index is 2.08. The smallest absolute Gasteiger partial charge is 0.311 e. The molecule has 2 aliphatic heterocycles. The molecule has 2 fully saturated rings. The van der Waals surface area contributed by atoms with E-state index < -0.39 is 11.4 Å². The Hall–Kier alpha value is -1.10. The Morgan fingerprint density at radius 1 is 1.35 bits per heavy atom. The van der Waals surface area contributed by atoms with Crippen molar-refractivity contribution in [2.24, 2.45) is 10.8 Å².